The molecule has 7 nitrogen and oxygen atoms in total. The topological polar surface area (TPSA) is 97.6 Å². The number of nitrogens with zero attached hydrogens (tertiary/aromatic N) is 2. The molecule has 112 valence electrons. The largest absolute Gasteiger partial charge is 0.334 e. The van der Waals surface area contributed by atoms with E-state index in [9.17, 15) is 24.5 Å². The lowest BCUT2D eigenvalue weighted by atomic mass is 10.1. The van der Waals surface area contributed by atoms with Gasteiger partial charge in [0, 0.05) is 26.0 Å². The predicted molar refractivity (Wildman–Crippen MR) is 75.0 cm³/mol. The molecule has 0 spiro atoms. The summed E-state index contributed by atoms with van der Waals surface area (Å²) < 4.78 is 0. The van der Waals surface area contributed by atoms with Gasteiger partial charge in [0.1, 0.15) is 11.3 Å². The molecule has 0 fully saturated rings. The van der Waals surface area contributed by atoms with E-state index in [-0.39, 0.29) is 42.2 Å². The summed E-state index contributed by atoms with van der Waals surface area (Å²) in [6.07, 6.45) is 0.191. The molecule has 0 bridgehead atoms. The molecule has 0 unspecified atom stereocenters. The molecule has 0 aliphatic rings. The number of para-hydroxylation sites is 1. The molecule has 0 heterocycles. The molecule has 1 aromatic rings. The van der Waals surface area contributed by atoms with Gasteiger partial charge in [0.25, 0.3) is 11.6 Å². The summed E-state index contributed by atoms with van der Waals surface area (Å²) in [6.45, 7) is 1.20. The minimum Gasteiger partial charge on any atom is -0.334 e. The fourth-order valence-electron chi connectivity index (χ4n) is 1.75. The maximum Gasteiger partial charge on any atom is 0.282 e. The first kappa shape index (κ1) is 16.5. The van der Waals surface area contributed by atoms with E-state index in [0.29, 0.717) is 0 Å². The third-order valence-electron chi connectivity index (χ3n) is 2.85. The molecule has 1 aromatic carbocycles. The SMILES string of the molecule is CC(=O)CCC(=O)CN(C)C(=O)c1ccccc1[N+](=O)[O-]. The first-order valence-electron chi connectivity index (χ1n) is 6.33. The molecule has 1 amide bonds. The highest BCUT2D eigenvalue weighted by Gasteiger charge is 2.23. The van der Waals surface area contributed by atoms with Gasteiger partial charge < -0.3 is 9.69 Å². The standard InChI is InChI=1S/C14H16N2O5/c1-10(17)7-8-11(18)9-15(2)14(19)12-5-3-4-6-13(12)16(20)21/h3-6H,7-9H2,1-2H3. The molecule has 7 heteroatoms. The lowest BCUT2D eigenvalue weighted by Crippen LogP contribution is -2.32. The van der Waals surface area contributed by atoms with Crippen molar-refractivity contribution in [2.45, 2.75) is 19.8 Å². The van der Waals surface area contributed by atoms with Crippen molar-refractivity contribution in [3.8, 4) is 0 Å². The van der Waals surface area contributed by atoms with Gasteiger partial charge >= 0.3 is 0 Å². The lowest BCUT2D eigenvalue weighted by Gasteiger charge is -2.16. The molecule has 0 N–H and O–H groups in total. The number of carbonyl (C=O) groups is 3. The number of hydrogen-bond acceptors (Lipinski definition) is 5. The summed E-state index contributed by atoms with van der Waals surface area (Å²) in [6, 6.07) is 5.56. The Morgan fingerprint density at radius 1 is 1.19 bits per heavy atom. The fourth-order valence-corrected chi connectivity index (χ4v) is 1.75. The summed E-state index contributed by atoms with van der Waals surface area (Å²) in [4.78, 5) is 45.9. The van der Waals surface area contributed by atoms with Crippen LogP contribution in [-0.4, -0.2) is 40.9 Å². The molecule has 1 rings (SSSR count). The number of benzene rings is 1. The molecular formula is C14H16N2O5. The van der Waals surface area contributed by atoms with Gasteiger partial charge in [-0.05, 0) is 13.0 Å². The molecular weight excluding hydrogens is 276 g/mol. The van der Waals surface area contributed by atoms with Crippen molar-refractivity contribution in [2.75, 3.05) is 13.6 Å². The minimum atomic E-state index is -0.640. The van der Waals surface area contributed by atoms with Crippen molar-refractivity contribution in [1.29, 1.82) is 0 Å². The Bertz CT molecular complexity index is 582. The maximum atomic E-state index is 12.1. The van der Waals surface area contributed by atoms with Gasteiger partial charge in [-0.15, -0.1) is 0 Å². The average molecular weight is 292 g/mol. The number of ketones is 2. The van der Waals surface area contributed by atoms with Gasteiger partial charge in [-0.2, -0.15) is 0 Å². The molecule has 0 saturated heterocycles. The van der Waals surface area contributed by atoms with Crippen LogP contribution in [0.3, 0.4) is 0 Å². The molecule has 0 atom stereocenters. The summed E-state index contributed by atoms with van der Waals surface area (Å²) in [7, 11) is 1.39. The number of hydrogen-bond donors (Lipinski definition) is 0. The Labute approximate surface area is 121 Å². The van der Waals surface area contributed by atoms with Crippen LogP contribution in [0, 0.1) is 10.1 Å². The number of amides is 1. The van der Waals surface area contributed by atoms with Crippen LogP contribution in [0.25, 0.3) is 0 Å². The third kappa shape index (κ3) is 4.79. The Kier molecular flexibility index (Phi) is 5.71. The number of nitro benzene ring substituents is 1. The highest BCUT2D eigenvalue weighted by molar-refractivity contribution is 6.00. The van der Waals surface area contributed by atoms with Gasteiger partial charge in [0.15, 0.2) is 5.78 Å². The second-order valence-corrected chi connectivity index (χ2v) is 4.68. The first-order chi connectivity index (χ1) is 9.82. The molecule has 21 heavy (non-hydrogen) atoms. The maximum absolute atomic E-state index is 12.1. The fraction of sp³-hybridized carbons (Fsp3) is 0.357. The summed E-state index contributed by atoms with van der Waals surface area (Å²) in [5, 5.41) is 10.9. The summed E-state index contributed by atoms with van der Waals surface area (Å²) >= 11 is 0. The van der Waals surface area contributed by atoms with Crippen molar-refractivity contribution < 1.29 is 19.3 Å². The molecule has 0 aromatic heterocycles. The van der Waals surface area contributed by atoms with Crippen molar-refractivity contribution in [3.05, 3.63) is 39.9 Å². The second-order valence-electron chi connectivity index (χ2n) is 4.68. The van der Waals surface area contributed by atoms with Gasteiger partial charge in [-0.1, -0.05) is 12.1 Å². The number of nitro groups is 1. The smallest absolute Gasteiger partial charge is 0.282 e. The van der Waals surface area contributed by atoms with Gasteiger partial charge in [0.2, 0.25) is 0 Å². The van der Waals surface area contributed by atoms with E-state index in [4.69, 9.17) is 0 Å². The van der Waals surface area contributed by atoms with Crippen molar-refractivity contribution in [3.63, 3.8) is 0 Å². The number of Topliss-reactive ketones (excluding diaryl/α,β-unsaturated/α-hetero) is 2. The Morgan fingerprint density at radius 3 is 2.38 bits per heavy atom. The zero-order chi connectivity index (χ0) is 16.0. The molecule has 0 aliphatic heterocycles. The number of carbonyl (C=O) groups excluding carboxylic acids is 3. The summed E-state index contributed by atoms with van der Waals surface area (Å²) in [5.41, 5.74) is -0.366. The Morgan fingerprint density at radius 2 is 1.81 bits per heavy atom. The third-order valence-corrected chi connectivity index (χ3v) is 2.85. The van der Waals surface area contributed by atoms with Crippen LogP contribution in [0.1, 0.15) is 30.1 Å². The highest BCUT2D eigenvalue weighted by atomic mass is 16.6. The van der Waals surface area contributed by atoms with Crippen LogP contribution >= 0.6 is 0 Å². The van der Waals surface area contributed by atoms with Gasteiger partial charge in [0.05, 0.1) is 11.5 Å². The van der Waals surface area contributed by atoms with Crippen LogP contribution in [0.15, 0.2) is 24.3 Å². The zero-order valence-electron chi connectivity index (χ0n) is 11.9. The average Bonchev–Trinajstić information content (AvgIpc) is 2.44. The van der Waals surface area contributed by atoms with Crippen LogP contribution in [0.4, 0.5) is 5.69 Å². The first-order valence-corrected chi connectivity index (χ1v) is 6.33. The van der Waals surface area contributed by atoms with E-state index in [1.54, 1.807) is 0 Å². The Hall–Kier alpha value is -2.57. The van der Waals surface area contributed by atoms with Crippen LogP contribution < -0.4 is 0 Å². The Balaban J connectivity index is 2.77. The summed E-state index contributed by atoms with van der Waals surface area (Å²) in [5.74, 6) is -0.964. The normalized spacial score (nSPS) is 10.0. The van der Waals surface area contributed by atoms with Crippen LogP contribution in [0.5, 0.6) is 0 Å². The van der Waals surface area contributed by atoms with Crippen LogP contribution in [0.2, 0.25) is 0 Å². The quantitative estimate of drug-likeness (QED) is 0.561. The molecule has 0 radical (unpaired) electrons. The molecule has 0 aliphatic carbocycles. The zero-order valence-corrected chi connectivity index (χ0v) is 11.9. The van der Waals surface area contributed by atoms with Crippen molar-refractivity contribution in [1.82, 2.24) is 4.90 Å². The van der Waals surface area contributed by atoms with E-state index < -0.39 is 10.8 Å². The highest BCUT2D eigenvalue weighted by Crippen LogP contribution is 2.19. The van der Waals surface area contributed by atoms with E-state index >= 15 is 0 Å². The molecule has 0 saturated carbocycles. The monoisotopic (exact) mass is 292 g/mol. The van der Waals surface area contributed by atoms with Gasteiger partial charge in [-0.25, -0.2) is 0 Å². The predicted octanol–water partition coefficient (Wildman–Crippen LogP) is 1.61. The number of rotatable bonds is 7. The second kappa shape index (κ2) is 7.28. The van der Waals surface area contributed by atoms with E-state index in [2.05, 4.69) is 0 Å². The van der Waals surface area contributed by atoms with Crippen molar-refractivity contribution >= 4 is 23.2 Å². The van der Waals surface area contributed by atoms with Gasteiger partial charge in [-0.3, -0.25) is 19.7 Å². The van der Waals surface area contributed by atoms with Crippen LogP contribution in [-0.2, 0) is 9.59 Å². The number of likely N-dealkylation sites (N-methyl/N-ethyl adjacent to an activating group) is 1. The van der Waals surface area contributed by atoms with E-state index in [1.807, 2.05) is 0 Å². The van der Waals surface area contributed by atoms with E-state index in [0.717, 1.165) is 4.90 Å². The lowest BCUT2D eigenvalue weighted by molar-refractivity contribution is -0.385. The van der Waals surface area contributed by atoms with Crippen molar-refractivity contribution in [2.24, 2.45) is 0 Å². The van der Waals surface area contributed by atoms with E-state index in [1.165, 1.54) is 38.2 Å². The minimum absolute atomic E-state index is 0.0594.